The molecule has 1 unspecified atom stereocenters. The Labute approximate surface area is 274 Å². The zero-order valence-electron chi connectivity index (χ0n) is 25.6. The van der Waals surface area contributed by atoms with Crippen LogP contribution in [0.15, 0.2) is 90.0 Å². The van der Waals surface area contributed by atoms with Crippen molar-refractivity contribution in [3.8, 4) is 17.1 Å². The molecule has 1 aromatic heterocycles. The largest absolute Gasteiger partial charge is 0.480 e. The van der Waals surface area contributed by atoms with Gasteiger partial charge in [-0.3, -0.25) is 0 Å². The summed E-state index contributed by atoms with van der Waals surface area (Å²) in [5, 5.41) is 26.3. The van der Waals surface area contributed by atoms with Crippen LogP contribution in [0.4, 0.5) is 23.2 Å². The molecule has 0 fully saturated rings. The highest BCUT2D eigenvalue weighted by molar-refractivity contribution is 6.06. The minimum absolute atomic E-state index is 0.0173. The molecule has 6 rings (SSSR count). The van der Waals surface area contributed by atoms with Crippen LogP contribution in [0.2, 0.25) is 0 Å². The number of carboxylic acids is 1. The third kappa shape index (κ3) is 7.59. The lowest BCUT2D eigenvalue weighted by molar-refractivity contribution is -0.138. The molecule has 12 nitrogen and oxygen atoms in total. The number of tetrazole rings is 1. The Morgan fingerprint density at radius 2 is 1.24 bits per heavy atom. The number of esters is 2. The number of nitrogens with zero attached hydrogens (tertiary/aromatic N) is 6. The molecular formula is C33H24F4N6O6. The maximum atomic E-state index is 14.1. The second-order valence-corrected chi connectivity index (χ2v) is 10.2. The summed E-state index contributed by atoms with van der Waals surface area (Å²) in [4.78, 5) is 35.4. The van der Waals surface area contributed by atoms with Gasteiger partial charge >= 0.3 is 17.9 Å². The Morgan fingerprint density at radius 3 is 1.73 bits per heavy atom. The van der Waals surface area contributed by atoms with E-state index in [1.807, 2.05) is 0 Å². The summed E-state index contributed by atoms with van der Waals surface area (Å²) >= 11 is 0. The van der Waals surface area contributed by atoms with Gasteiger partial charge in [0.25, 0.3) is 0 Å². The van der Waals surface area contributed by atoms with E-state index < -0.39 is 47.2 Å². The van der Waals surface area contributed by atoms with Crippen molar-refractivity contribution in [2.75, 3.05) is 19.2 Å². The third-order valence-electron chi connectivity index (χ3n) is 7.09. The molecule has 1 atom stereocenters. The average Bonchev–Trinajstić information content (AvgIpc) is 3.77. The predicted octanol–water partition coefficient (Wildman–Crippen LogP) is 5.21. The third-order valence-corrected chi connectivity index (χ3v) is 7.09. The normalized spacial score (nSPS) is 13.6. The van der Waals surface area contributed by atoms with E-state index in [1.54, 1.807) is 36.4 Å². The first-order valence-electron chi connectivity index (χ1n) is 14.2. The maximum absolute atomic E-state index is 14.1. The zero-order valence-corrected chi connectivity index (χ0v) is 25.6. The van der Waals surface area contributed by atoms with Crippen molar-refractivity contribution < 1.29 is 46.5 Å². The van der Waals surface area contributed by atoms with Crippen LogP contribution in [0.25, 0.3) is 17.1 Å². The Kier molecular flexibility index (Phi) is 10.1. The number of carbonyl (C=O) groups excluding carboxylic acids is 2. The molecule has 1 N–H and O–H groups in total. The lowest BCUT2D eigenvalue weighted by Gasteiger charge is -2.20. The number of halogens is 4. The van der Waals surface area contributed by atoms with Gasteiger partial charge in [0, 0.05) is 24.1 Å². The van der Waals surface area contributed by atoms with Gasteiger partial charge in [0.15, 0.2) is 17.7 Å². The number of benzene rings is 4. The summed E-state index contributed by atoms with van der Waals surface area (Å²) in [7, 11) is 2.56. The molecule has 0 aliphatic carbocycles. The van der Waals surface area contributed by atoms with Crippen LogP contribution in [0.3, 0.4) is 0 Å². The molecule has 5 aromatic rings. The van der Waals surface area contributed by atoms with Crippen LogP contribution < -0.4 is 5.01 Å². The summed E-state index contributed by atoms with van der Waals surface area (Å²) in [5.74, 6) is -5.05. The molecule has 0 amide bonds. The van der Waals surface area contributed by atoms with Gasteiger partial charge in [-0.2, -0.15) is 5.10 Å². The molecule has 0 bridgehead atoms. The molecule has 1 aliphatic heterocycles. The first-order chi connectivity index (χ1) is 23.5. The summed E-state index contributed by atoms with van der Waals surface area (Å²) in [6.07, 6.45) is 0.0315. The Hall–Kier alpha value is -6.45. The summed E-state index contributed by atoms with van der Waals surface area (Å²) in [6.45, 7) is 0. The Balaban J connectivity index is 0.000000192. The van der Waals surface area contributed by atoms with Gasteiger partial charge in [-0.15, -0.1) is 15.0 Å². The van der Waals surface area contributed by atoms with Gasteiger partial charge in [0.1, 0.15) is 17.3 Å². The van der Waals surface area contributed by atoms with Crippen LogP contribution in [-0.4, -0.2) is 69.2 Å². The van der Waals surface area contributed by atoms with Gasteiger partial charge in [-0.05, 0) is 59.3 Å². The minimum Gasteiger partial charge on any atom is -0.480 e. The van der Waals surface area contributed by atoms with Crippen LogP contribution in [0, 0.1) is 23.3 Å². The van der Waals surface area contributed by atoms with E-state index >= 15 is 0 Å². The lowest BCUT2D eigenvalue weighted by atomic mass is 10.0. The van der Waals surface area contributed by atoms with Crippen molar-refractivity contribution in [3.63, 3.8) is 0 Å². The van der Waals surface area contributed by atoms with E-state index in [0.29, 0.717) is 34.0 Å². The van der Waals surface area contributed by atoms with Crippen molar-refractivity contribution in [1.82, 2.24) is 20.2 Å². The smallest absolute Gasteiger partial charge is 0.337 e. The fourth-order valence-electron chi connectivity index (χ4n) is 4.63. The fourth-order valence-corrected chi connectivity index (χ4v) is 4.63. The van der Waals surface area contributed by atoms with Crippen LogP contribution >= 0.6 is 0 Å². The van der Waals surface area contributed by atoms with Gasteiger partial charge in [0.2, 0.25) is 5.82 Å². The van der Waals surface area contributed by atoms with E-state index in [1.165, 1.54) is 32.4 Å². The molecule has 16 heteroatoms. The molecule has 1 aliphatic rings. The number of rotatable bonds is 7. The number of hydrogen-bond acceptors (Lipinski definition) is 10. The van der Waals surface area contributed by atoms with E-state index in [2.05, 4.69) is 30.0 Å². The monoisotopic (exact) mass is 676 g/mol. The number of methoxy groups -OCH3 is 2. The number of hydrazone groups is 1. The van der Waals surface area contributed by atoms with Crippen molar-refractivity contribution >= 4 is 29.3 Å². The minimum atomic E-state index is -1.18. The van der Waals surface area contributed by atoms with Crippen molar-refractivity contribution in [2.24, 2.45) is 5.10 Å². The second-order valence-electron chi connectivity index (χ2n) is 10.2. The number of aromatic nitrogens is 4. The molecule has 49 heavy (non-hydrogen) atoms. The zero-order chi connectivity index (χ0) is 35.2. The Bertz CT molecular complexity index is 2050. The number of anilines is 1. The molecule has 0 spiro atoms. The maximum Gasteiger partial charge on any atom is 0.337 e. The molecule has 2 heterocycles. The predicted molar refractivity (Wildman–Crippen MR) is 165 cm³/mol. The van der Waals surface area contributed by atoms with E-state index in [9.17, 15) is 37.1 Å². The Morgan fingerprint density at radius 1 is 0.735 bits per heavy atom. The quantitative estimate of drug-likeness (QED) is 0.180. The number of ether oxygens (including phenoxy) is 2. The molecular weight excluding hydrogens is 652 g/mol. The van der Waals surface area contributed by atoms with Gasteiger partial charge in [-0.25, -0.2) is 37.0 Å². The topological polar surface area (TPSA) is 149 Å². The lowest BCUT2D eigenvalue weighted by Crippen LogP contribution is -2.34. The number of carbonyl (C=O) groups is 3. The summed E-state index contributed by atoms with van der Waals surface area (Å²) in [5.41, 5.74) is 2.17. The highest BCUT2D eigenvalue weighted by Gasteiger charge is 2.35. The standard InChI is InChI=1S/C18H14F2N2O4.C15H10F2N4O2/c1-26-18(25)11-4-2-10(3-5-11)14-9-16(17(23)24)22(21-14)15-7-6-12(19)8-13(15)20;1-23-15(22)10-4-2-9(3-5-10)14-18-20-21(19-14)13-7-6-11(16)8-12(13)17/h2-8,16H,9H2,1H3,(H,23,24);2-8H,1H3. The van der Waals surface area contributed by atoms with Gasteiger partial charge in [-0.1, -0.05) is 24.3 Å². The average molecular weight is 677 g/mol. The van der Waals surface area contributed by atoms with Crippen molar-refractivity contribution in [3.05, 3.63) is 125 Å². The summed E-state index contributed by atoms with van der Waals surface area (Å²) in [6, 6.07) is 17.4. The van der Waals surface area contributed by atoms with Crippen LogP contribution in [-0.2, 0) is 14.3 Å². The van der Waals surface area contributed by atoms with Crippen molar-refractivity contribution in [2.45, 2.75) is 12.5 Å². The first kappa shape index (κ1) is 33.9. The molecule has 0 radical (unpaired) electrons. The highest BCUT2D eigenvalue weighted by Crippen LogP contribution is 2.30. The first-order valence-corrected chi connectivity index (χ1v) is 14.2. The summed E-state index contributed by atoms with van der Waals surface area (Å²) < 4.78 is 63.0. The fraction of sp³-hybridized carbons (Fsp3) is 0.121. The van der Waals surface area contributed by atoms with Crippen LogP contribution in [0.5, 0.6) is 0 Å². The molecule has 4 aromatic carbocycles. The van der Waals surface area contributed by atoms with E-state index in [4.69, 9.17) is 0 Å². The molecule has 0 saturated heterocycles. The number of aliphatic carboxylic acids is 1. The van der Waals surface area contributed by atoms with E-state index in [0.717, 1.165) is 34.1 Å². The van der Waals surface area contributed by atoms with Crippen molar-refractivity contribution in [1.29, 1.82) is 0 Å². The molecule has 0 saturated carbocycles. The van der Waals surface area contributed by atoms with Gasteiger partial charge in [0.05, 0.1) is 36.7 Å². The van der Waals surface area contributed by atoms with Gasteiger partial charge < -0.3 is 14.6 Å². The molecule has 250 valence electrons. The second kappa shape index (κ2) is 14.5. The highest BCUT2D eigenvalue weighted by atomic mass is 19.1. The number of hydrogen-bond donors (Lipinski definition) is 1. The SMILES string of the molecule is COC(=O)c1ccc(-c2nnn(-c3ccc(F)cc3F)n2)cc1.COC(=O)c1ccc(C2=NN(c3ccc(F)cc3F)C(C(=O)O)C2)cc1. The van der Waals surface area contributed by atoms with E-state index in [-0.39, 0.29) is 23.6 Å². The van der Waals surface area contributed by atoms with Crippen LogP contribution in [0.1, 0.15) is 32.7 Å². The number of carboxylic acid groups (broad SMARTS) is 1.